The Hall–Kier alpha value is -0.640. The summed E-state index contributed by atoms with van der Waals surface area (Å²) in [5.74, 6) is 0. The van der Waals surface area contributed by atoms with Gasteiger partial charge in [-0.3, -0.25) is 4.90 Å². The minimum absolute atomic E-state index is 0.0739. The predicted molar refractivity (Wildman–Crippen MR) is 123 cm³/mol. The monoisotopic (exact) mass is 491 g/mol. The van der Waals surface area contributed by atoms with Crippen LogP contribution in [0, 0.1) is 6.92 Å². The minimum Gasteiger partial charge on any atom is -0.280 e. The van der Waals surface area contributed by atoms with Gasteiger partial charge in [0.05, 0.1) is 0 Å². The molecule has 0 N–H and O–H groups in total. The van der Waals surface area contributed by atoms with Crippen LogP contribution in [0.3, 0.4) is 0 Å². The maximum atomic E-state index is 3.85. The Morgan fingerprint density at radius 3 is 1.93 bits per heavy atom. The van der Waals surface area contributed by atoms with Crippen LogP contribution in [0.2, 0.25) is 0 Å². The second-order valence-corrected chi connectivity index (χ2v) is 9.42. The Labute approximate surface area is 181 Å². The van der Waals surface area contributed by atoms with Gasteiger partial charge in [0.15, 0.2) is 0 Å². The van der Waals surface area contributed by atoms with E-state index < -0.39 is 0 Å². The fourth-order valence-corrected chi connectivity index (χ4v) is 6.32. The van der Waals surface area contributed by atoms with Crippen molar-refractivity contribution in [1.82, 2.24) is 4.90 Å². The van der Waals surface area contributed by atoms with E-state index in [0.717, 1.165) is 32.2 Å². The van der Waals surface area contributed by atoms with Crippen molar-refractivity contribution in [3.05, 3.63) is 67.6 Å². The second kappa shape index (κ2) is 8.00. The van der Waals surface area contributed by atoms with Crippen LogP contribution in [0.5, 0.6) is 0 Å². The number of nitrogens with zero attached hydrogens (tertiary/aromatic N) is 1. The molecule has 0 saturated heterocycles. The molecule has 0 unspecified atom stereocenters. The first kappa shape index (κ1) is 21.1. The fraction of sp³-hybridized carbons (Fsp3) is 0.500. The Bertz CT molecular complexity index is 805. The van der Waals surface area contributed by atoms with Gasteiger partial charge in [-0.05, 0) is 92.8 Å². The number of fused-ring (bicyclic) bond motifs is 1. The molecule has 0 aromatic heterocycles. The minimum atomic E-state index is 0.0739. The van der Waals surface area contributed by atoms with E-state index in [1.165, 1.54) is 25.6 Å². The molecule has 3 heteroatoms. The summed E-state index contributed by atoms with van der Waals surface area (Å²) in [5.41, 5.74) is 6.03. The van der Waals surface area contributed by atoms with Crippen molar-refractivity contribution in [2.24, 2.45) is 0 Å². The van der Waals surface area contributed by atoms with Gasteiger partial charge in [0.2, 0.25) is 0 Å². The molecule has 2 aromatic carbocycles. The molecule has 0 aliphatic carbocycles. The number of hydrogen-bond acceptors (Lipinski definition) is 1. The molecular weight excluding hydrogens is 462 g/mol. The highest BCUT2D eigenvalue weighted by Crippen LogP contribution is 2.59. The number of hydrogen-bond donors (Lipinski definition) is 0. The first-order valence-electron chi connectivity index (χ1n) is 10.2. The highest BCUT2D eigenvalue weighted by molar-refractivity contribution is 9.13. The Kier molecular flexibility index (Phi) is 6.25. The zero-order chi connectivity index (χ0) is 19.8. The molecule has 0 radical (unpaired) electrons. The molecule has 0 amide bonds. The summed E-state index contributed by atoms with van der Waals surface area (Å²) < 4.78 is 2.38. The third-order valence-corrected chi connectivity index (χ3v) is 9.16. The summed E-state index contributed by atoms with van der Waals surface area (Å²) in [4.78, 5) is 2.84. The van der Waals surface area contributed by atoms with E-state index in [9.17, 15) is 0 Å². The van der Waals surface area contributed by atoms with Gasteiger partial charge >= 0.3 is 0 Å². The van der Waals surface area contributed by atoms with E-state index in [2.05, 4.69) is 108 Å². The van der Waals surface area contributed by atoms with Crippen molar-refractivity contribution in [2.45, 2.75) is 77.9 Å². The third-order valence-electron chi connectivity index (χ3n) is 6.98. The highest BCUT2D eigenvalue weighted by Gasteiger charge is 2.55. The topological polar surface area (TPSA) is 3.24 Å². The quantitative estimate of drug-likeness (QED) is 0.394. The van der Waals surface area contributed by atoms with Gasteiger partial charge < -0.3 is 0 Å². The van der Waals surface area contributed by atoms with E-state index in [0.29, 0.717) is 0 Å². The summed E-state index contributed by atoms with van der Waals surface area (Å²) >= 11 is 7.66. The summed E-state index contributed by atoms with van der Waals surface area (Å²) in [6.45, 7) is 12.7. The van der Waals surface area contributed by atoms with Crippen LogP contribution in [-0.4, -0.2) is 4.90 Å². The van der Waals surface area contributed by atoms with Crippen molar-refractivity contribution in [3.8, 4) is 0 Å². The summed E-state index contributed by atoms with van der Waals surface area (Å²) in [5, 5.41) is 0. The summed E-state index contributed by atoms with van der Waals surface area (Å²) in [7, 11) is 0. The van der Waals surface area contributed by atoms with E-state index in [1.54, 1.807) is 5.56 Å². The average molecular weight is 493 g/mol. The standard InChI is InChI=1S/C24H31Br2N/c1-6-23(7-2)19-15-20(25)22(26)17(5)21(19)24(8-3,9-4)27(23)16-18-13-11-10-12-14-18/h10-15H,6-9,16H2,1-5H3. The van der Waals surface area contributed by atoms with Crippen LogP contribution < -0.4 is 0 Å². The Morgan fingerprint density at radius 2 is 1.41 bits per heavy atom. The van der Waals surface area contributed by atoms with Gasteiger partial charge in [0, 0.05) is 26.6 Å². The van der Waals surface area contributed by atoms with Crippen LogP contribution in [0.15, 0.2) is 45.3 Å². The van der Waals surface area contributed by atoms with Crippen molar-refractivity contribution in [3.63, 3.8) is 0 Å². The molecule has 0 saturated carbocycles. The molecule has 1 aliphatic heterocycles. The second-order valence-electron chi connectivity index (χ2n) is 7.77. The maximum Gasteiger partial charge on any atom is 0.0474 e. The van der Waals surface area contributed by atoms with Crippen molar-refractivity contribution in [1.29, 1.82) is 0 Å². The van der Waals surface area contributed by atoms with Crippen LogP contribution in [-0.2, 0) is 17.6 Å². The zero-order valence-electron chi connectivity index (χ0n) is 17.2. The largest absolute Gasteiger partial charge is 0.280 e. The van der Waals surface area contributed by atoms with Crippen molar-refractivity contribution >= 4 is 31.9 Å². The molecule has 2 aromatic rings. The van der Waals surface area contributed by atoms with E-state index in [-0.39, 0.29) is 11.1 Å². The van der Waals surface area contributed by atoms with E-state index in [1.807, 2.05) is 0 Å². The molecule has 1 heterocycles. The molecular formula is C24H31Br2N. The Balaban J connectivity index is 2.31. The lowest BCUT2D eigenvalue weighted by Gasteiger charge is -2.47. The maximum absolute atomic E-state index is 3.85. The van der Waals surface area contributed by atoms with Crippen LogP contribution in [0.25, 0.3) is 0 Å². The van der Waals surface area contributed by atoms with Crippen LogP contribution in [0.4, 0.5) is 0 Å². The van der Waals surface area contributed by atoms with Crippen molar-refractivity contribution < 1.29 is 0 Å². The third kappa shape index (κ3) is 3.05. The molecule has 0 fully saturated rings. The van der Waals surface area contributed by atoms with Gasteiger partial charge in [-0.15, -0.1) is 0 Å². The van der Waals surface area contributed by atoms with Crippen LogP contribution >= 0.6 is 31.9 Å². The summed E-state index contributed by atoms with van der Waals surface area (Å²) in [6, 6.07) is 13.4. The first-order chi connectivity index (χ1) is 12.9. The molecule has 3 rings (SSSR count). The molecule has 1 nitrogen and oxygen atoms in total. The zero-order valence-corrected chi connectivity index (χ0v) is 20.4. The molecule has 27 heavy (non-hydrogen) atoms. The lowest BCUT2D eigenvalue weighted by Crippen LogP contribution is -2.50. The van der Waals surface area contributed by atoms with Gasteiger partial charge in [-0.25, -0.2) is 0 Å². The van der Waals surface area contributed by atoms with Gasteiger partial charge in [-0.2, -0.15) is 0 Å². The highest BCUT2D eigenvalue weighted by atomic mass is 79.9. The molecule has 146 valence electrons. The number of halogens is 2. The van der Waals surface area contributed by atoms with Gasteiger partial charge in [0.25, 0.3) is 0 Å². The normalized spacial score (nSPS) is 17.9. The van der Waals surface area contributed by atoms with E-state index in [4.69, 9.17) is 0 Å². The Morgan fingerprint density at radius 1 is 0.852 bits per heavy atom. The van der Waals surface area contributed by atoms with Crippen molar-refractivity contribution in [2.75, 3.05) is 0 Å². The number of rotatable bonds is 6. The molecule has 0 atom stereocenters. The van der Waals surface area contributed by atoms with Crippen LogP contribution in [0.1, 0.15) is 75.6 Å². The molecule has 0 spiro atoms. The predicted octanol–water partition coefficient (Wildman–Crippen LogP) is 8.07. The van der Waals surface area contributed by atoms with E-state index >= 15 is 0 Å². The molecule has 1 aliphatic rings. The lowest BCUT2D eigenvalue weighted by atomic mass is 9.80. The average Bonchev–Trinajstić information content (AvgIpc) is 2.93. The SMILES string of the molecule is CCC1(CC)c2cc(Br)c(Br)c(C)c2C(CC)(CC)N1Cc1ccccc1. The fourth-order valence-electron chi connectivity index (χ4n) is 5.48. The van der Waals surface area contributed by atoms with Gasteiger partial charge in [-0.1, -0.05) is 58.0 Å². The van der Waals surface area contributed by atoms with Gasteiger partial charge in [0.1, 0.15) is 0 Å². The molecule has 0 bridgehead atoms. The lowest BCUT2D eigenvalue weighted by molar-refractivity contribution is -0.0235. The number of benzene rings is 2. The smallest absolute Gasteiger partial charge is 0.0474 e. The summed E-state index contributed by atoms with van der Waals surface area (Å²) in [6.07, 6.45) is 4.50. The first-order valence-corrected chi connectivity index (χ1v) is 11.8.